The highest BCUT2D eigenvalue weighted by Crippen LogP contribution is 2.23. The highest BCUT2D eigenvalue weighted by Gasteiger charge is 2.25. The van der Waals surface area contributed by atoms with E-state index in [1.165, 1.54) is 12.8 Å². The Kier molecular flexibility index (Phi) is 6.01. The van der Waals surface area contributed by atoms with Crippen LogP contribution >= 0.6 is 0 Å². The Bertz CT molecular complexity index is 517. The molecule has 3 unspecified atom stereocenters. The van der Waals surface area contributed by atoms with Crippen LogP contribution in [0.1, 0.15) is 39.0 Å². The molecule has 2 saturated heterocycles. The Morgan fingerprint density at radius 2 is 2.21 bits per heavy atom. The molecule has 0 aromatic carbocycles. The summed E-state index contributed by atoms with van der Waals surface area (Å²) in [5.74, 6) is 2.02. The van der Waals surface area contributed by atoms with Gasteiger partial charge in [-0.25, -0.2) is 9.97 Å². The molecule has 0 aliphatic carbocycles. The van der Waals surface area contributed by atoms with Gasteiger partial charge in [0.25, 0.3) is 0 Å². The smallest absolute Gasteiger partial charge is 0.225 e. The van der Waals surface area contributed by atoms with Gasteiger partial charge in [0, 0.05) is 37.9 Å². The van der Waals surface area contributed by atoms with E-state index < -0.39 is 0 Å². The summed E-state index contributed by atoms with van der Waals surface area (Å²) in [6.45, 7) is 6.14. The van der Waals surface area contributed by atoms with Crippen LogP contribution in [-0.2, 0) is 4.79 Å². The lowest BCUT2D eigenvalue weighted by atomic mass is 9.85. The van der Waals surface area contributed by atoms with Crippen molar-refractivity contribution in [1.82, 2.24) is 20.6 Å². The maximum atomic E-state index is 12.4. The van der Waals surface area contributed by atoms with Crippen molar-refractivity contribution in [3.8, 4) is 0 Å². The highest BCUT2D eigenvalue weighted by atomic mass is 16.1. The van der Waals surface area contributed by atoms with Crippen molar-refractivity contribution in [2.45, 2.75) is 45.1 Å². The van der Waals surface area contributed by atoms with E-state index >= 15 is 0 Å². The third-order valence-electron chi connectivity index (χ3n) is 5.27. The third-order valence-corrected chi connectivity index (χ3v) is 5.27. The zero-order valence-corrected chi connectivity index (χ0v) is 14.6. The summed E-state index contributed by atoms with van der Waals surface area (Å²) >= 11 is 0. The predicted molar refractivity (Wildman–Crippen MR) is 94.8 cm³/mol. The Morgan fingerprint density at radius 3 is 2.96 bits per heavy atom. The Hall–Kier alpha value is -1.69. The van der Waals surface area contributed by atoms with Gasteiger partial charge in [-0.1, -0.05) is 6.92 Å². The summed E-state index contributed by atoms with van der Waals surface area (Å²) in [5, 5.41) is 6.67. The first-order chi connectivity index (χ1) is 11.7. The van der Waals surface area contributed by atoms with Crippen molar-refractivity contribution in [3.63, 3.8) is 0 Å². The zero-order valence-electron chi connectivity index (χ0n) is 14.6. The zero-order chi connectivity index (χ0) is 16.8. The number of hydrogen-bond acceptors (Lipinski definition) is 5. The van der Waals surface area contributed by atoms with Crippen LogP contribution in [0.2, 0.25) is 0 Å². The summed E-state index contributed by atoms with van der Waals surface area (Å²) in [7, 11) is 0. The lowest BCUT2D eigenvalue weighted by Crippen LogP contribution is -2.48. The van der Waals surface area contributed by atoms with E-state index in [2.05, 4.69) is 32.4 Å². The molecule has 1 amide bonds. The normalized spacial score (nSPS) is 26.0. The standard InChI is InChI=1S/C18H29N5O/c1-14(15-5-2-7-19-12-15)11-17(24)22-16-6-3-10-23(13-16)18-20-8-4-9-21-18/h4,8-9,14-16,19H,2-3,5-7,10-13H2,1H3,(H,22,24). The minimum atomic E-state index is 0.189. The lowest BCUT2D eigenvalue weighted by Gasteiger charge is -2.33. The molecule has 3 atom stereocenters. The molecule has 0 saturated carbocycles. The number of hydrogen-bond donors (Lipinski definition) is 2. The molecule has 2 aliphatic heterocycles. The van der Waals surface area contributed by atoms with Crippen molar-refractivity contribution in [1.29, 1.82) is 0 Å². The molecule has 2 aliphatic rings. The quantitative estimate of drug-likeness (QED) is 0.857. The van der Waals surface area contributed by atoms with Crippen LogP contribution in [0.25, 0.3) is 0 Å². The third kappa shape index (κ3) is 4.66. The topological polar surface area (TPSA) is 70.2 Å². The van der Waals surface area contributed by atoms with E-state index in [1.54, 1.807) is 12.4 Å². The molecule has 2 N–H and O–H groups in total. The van der Waals surface area contributed by atoms with Crippen LogP contribution in [0.15, 0.2) is 18.5 Å². The number of carbonyl (C=O) groups is 1. The highest BCUT2D eigenvalue weighted by molar-refractivity contribution is 5.76. The largest absolute Gasteiger partial charge is 0.352 e. The van der Waals surface area contributed by atoms with E-state index in [9.17, 15) is 4.79 Å². The number of piperidine rings is 2. The first kappa shape index (κ1) is 17.1. The number of rotatable bonds is 5. The molecule has 0 radical (unpaired) electrons. The van der Waals surface area contributed by atoms with Crippen LogP contribution in [0.3, 0.4) is 0 Å². The van der Waals surface area contributed by atoms with E-state index in [4.69, 9.17) is 0 Å². The first-order valence-electron chi connectivity index (χ1n) is 9.24. The molecule has 0 spiro atoms. The molecule has 24 heavy (non-hydrogen) atoms. The monoisotopic (exact) mass is 331 g/mol. The number of carbonyl (C=O) groups excluding carboxylic acids is 1. The molecule has 1 aromatic heterocycles. The molecular formula is C18H29N5O. The molecule has 2 fully saturated rings. The van der Waals surface area contributed by atoms with Gasteiger partial charge in [-0.2, -0.15) is 0 Å². The number of aromatic nitrogens is 2. The fourth-order valence-corrected chi connectivity index (χ4v) is 3.84. The molecule has 132 valence electrons. The van der Waals surface area contributed by atoms with Gasteiger partial charge in [-0.3, -0.25) is 4.79 Å². The van der Waals surface area contributed by atoms with Crippen LogP contribution in [0.5, 0.6) is 0 Å². The molecule has 3 heterocycles. The average Bonchev–Trinajstić information content (AvgIpc) is 2.63. The Balaban J connectivity index is 1.47. The van der Waals surface area contributed by atoms with Gasteiger partial charge in [0.15, 0.2) is 0 Å². The molecule has 3 rings (SSSR count). The van der Waals surface area contributed by atoms with Crippen LogP contribution in [0, 0.1) is 11.8 Å². The number of nitrogens with zero attached hydrogens (tertiary/aromatic N) is 3. The minimum Gasteiger partial charge on any atom is -0.352 e. The summed E-state index contributed by atoms with van der Waals surface area (Å²) in [6.07, 6.45) is 8.73. The van der Waals surface area contributed by atoms with Gasteiger partial charge < -0.3 is 15.5 Å². The molecule has 1 aromatic rings. The van der Waals surface area contributed by atoms with Crippen LogP contribution in [0.4, 0.5) is 5.95 Å². The summed E-state index contributed by atoms with van der Waals surface area (Å²) in [5.41, 5.74) is 0. The summed E-state index contributed by atoms with van der Waals surface area (Å²) in [6, 6.07) is 2.03. The van der Waals surface area contributed by atoms with Gasteiger partial charge in [0.2, 0.25) is 11.9 Å². The summed E-state index contributed by atoms with van der Waals surface area (Å²) < 4.78 is 0. The van der Waals surface area contributed by atoms with Crippen molar-refractivity contribution in [2.24, 2.45) is 11.8 Å². The minimum absolute atomic E-state index is 0.189. The Labute approximate surface area is 144 Å². The number of amides is 1. The van der Waals surface area contributed by atoms with Gasteiger partial charge in [-0.15, -0.1) is 0 Å². The second kappa shape index (κ2) is 8.42. The van der Waals surface area contributed by atoms with Gasteiger partial charge in [-0.05, 0) is 56.7 Å². The van der Waals surface area contributed by atoms with E-state index in [0.29, 0.717) is 18.3 Å². The fraction of sp³-hybridized carbons (Fsp3) is 0.722. The Morgan fingerprint density at radius 1 is 1.38 bits per heavy atom. The predicted octanol–water partition coefficient (Wildman–Crippen LogP) is 1.59. The van der Waals surface area contributed by atoms with E-state index in [0.717, 1.165) is 45.0 Å². The van der Waals surface area contributed by atoms with Crippen molar-refractivity contribution in [3.05, 3.63) is 18.5 Å². The van der Waals surface area contributed by atoms with Gasteiger partial charge in [0.05, 0.1) is 0 Å². The second-order valence-corrected chi connectivity index (χ2v) is 7.19. The van der Waals surface area contributed by atoms with Crippen molar-refractivity contribution in [2.75, 3.05) is 31.1 Å². The average molecular weight is 331 g/mol. The van der Waals surface area contributed by atoms with E-state index in [-0.39, 0.29) is 11.9 Å². The summed E-state index contributed by atoms with van der Waals surface area (Å²) in [4.78, 5) is 23.2. The van der Waals surface area contributed by atoms with E-state index in [1.807, 2.05) is 6.07 Å². The van der Waals surface area contributed by atoms with Gasteiger partial charge >= 0.3 is 0 Å². The lowest BCUT2D eigenvalue weighted by molar-refractivity contribution is -0.123. The van der Waals surface area contributed by atoms with Gasteiger partial charge in [0.1, 0.15) is 0 Å². The first-order valence-corrected chi connectivity index (χ1v) is 9.24. The fourth-order valence-electron chi connectivity index (χ4n) is 3.84. The van der Waals surface area contributed by atoms with Crippen LogP contribution < -0.4 is 15.5 Å². The maximum Gasteiger partial charge on any atom is 0.225 e. The molecule has 0 bridgehead atoms. The molecular weight excluding hydrogens is 302 g/mol. The number of nitrogens with one attached hydrogen (secondary N) is 2. The SMILES string of the molecule is CC(CC(=O)NC1CCCN(c2ncccn2)C1)C1CCCNC1. The van der Waals surface area contributed by atoms with Crippen LogP contribution in [-0.4, -0.2) is 48.1 Å². The van der Waals surface area contributed by atoms with Crippen molar-refractivity contribution < 1.29 is 4.79 Å². The second-order valence-electron chi connectivity index (χ2n) is 7.19. The number of anilines is 1. The molecule has 6 heteroatoms. The molecule has 6 nitrogen and oxygen atoms in total. The van der Waals surface area contributed by atoms with Crippen molar-refractivity contribution >= 4 is 11.9 Å². The maximum absolute atomic E-state index is 12.4.